The van der Waals surface area contributed by atoms with E-state index >= 15 is 0 Å². The second-order valence-corrected chi connectivity index (χ2v) is 5.22. The van der Waals surface area contributed by atoms with E-state index in [4.69, 9.17) is 10.8 Å². The largest absolute Gasteiger partial charge is 0.480 e. The summed E-state index contributed by atoms with van der Waals surface area (Å²) < 4.78 is 0. The quantitative estimate of drug-likeness (QED) is 0.399. The van der Waals surface area contributed by atoms with Gasteiger partial charge in [-0.2, -0.15) is 0 Å². The number of hydrogen-bond donors (Lipinski definition) is 5. The Hall–Kier alpha value is -2.42. The molecule has 0 spiro atoms. The van der Waals surface area contributed by atoms with E-state index in [0.29, 0.717) is 5.69 Å². The van der Waals surface area contributed by atoms with Gasteiger partial charge in [-0.05, 0) is 5.92 Å². The molecule has 0 unspecified atom stereocenters. The number of rotatable bonds is 8. The number of carbonyl (C=O) groups excluding carboxylic acids is 2. The van der Waals surface area contributed by atoms with Crippen LogP contribution in [0, 0.1) is 5.92 Å². The average molecular weight is 311 g/mol. The molecule has 0 aromatic carbocycles. The fourth-order valence-corrected chi connectivity index (χ4v) is 1.68. The highest BCUT2D eigenvalue weighted by molar-refractivity contribution is 5.91. The molecule has 9 nitrogen and oxygen atoms in total. The number of nitrogens with two attached hydrogens (primary N) is 1. The van der Waals surface area contributed by atoms with Gasteiger partial charge in [0.1, 0.15) is 12.6 Å². The summed E-state index contributed by atoms with van der Waals surface area (Å²) in [5, 5.41) is 13.4. The van der Waals surface area contributed by atoms with Crippen molar-refractivity contribution in [3.05, 3.63) is 18.2 Å². The van der Waals surface area contributed by atoms with Gasteiger partial charge in [0.25, 0.3) is 0 Å². The molecule has 1 aromatic rings. The lowest BCUT2D eigenvalue weighted by Crippen LogP contribution is -2.54. The van der Waals surface area contributed by atoms with E-state index in [1.807, 2.05) is 0 Å². The summed E-state index contributed by atoms with van der Waals surface area (Å²) in [6.45, 7) is 3.06. The van der Waals surface area contributed by atoms with Gasteiger partial charge in [0.15, 0.2) is 0 Å². The summed E-state index contributed by atoms with van der Waals surface area (Å²) >= 11 is 0. The maximum Gasteiger partial charge on any atom is 0.322 e. The van der Waals surface area contributed by atoms with Crippen LogP contribution in [0.15, 0.2) is 12.5 Å². The highest BCUT2D eigenvalue weighted by atomic mass is 16.4. The van der Waals surface area contributed by atoms with Crippen LogP contribution in [-0.4, -0.2) is 51.5 Å². The number of aromatic amines is 1. The van der Waals surface area contributed by atoms with E-state index in [9.17, 15) is 14.4 Å². The Labute approximate surface area is 127 Å². The molecule has 0 aliphatic heterocycles. The molecule has 0 radical (unpaired) electrons. The van der Waals surface area contributed by atoms with Crippen LogP contribution in [0.2, 0.25) is 0 Å². The third-order valence-electron chi connectivity index (χ3n) is 3.05. The maximum absolute atomic E-state index is 12.0. The number of carboxylic acids is 1. The van der Waals surface area contributed by atoms with Gasteiger partial charge in [0.2, 0.25) is 11.8 Å². The van der Waals surface area contributed by atoms with Crippen molar-refractivity contribution in [2.45, 2.75) is 32.4 Å². The molecule has 0 aliphatic carbocycles. The molecule has 0 saturated carbocycles. The number of imidazole rings is 1. The van der Waals surface area contributed by atoms with E-state index in [0.717, 1.165) is 0 Å². The SMILES string of the molecule is CC(C)[C@H](N)C(=O)N[C@@H](Cc1cnc[nH]1)C(=O)NCC(=O)O. The zero-order valence-corrected chi connectivity index (χ0v) is 12.5. The summed E-state index contributed by atoms with van der Waals surface area (Å²) in [5.74, 6) is -2.32. The minimum absolute atomic E-state index is 0.0881. The van der Waals surface area contributed by atoms with Crippen LogP contribution in [-0.2, 0) is 20.8 Å². The number of aromatic nitrogens is 2. The molecule has 0 fully saturated rings. The van der Waals surface area contributed by atoms with Gasteiger partial charge in [0, 0.05) is 18.3 Å². The van der Waals surface area contributed by atoms with Gasteiger partial charge < -0.3 is 26.5 Å². The Morgan fingerprint density at radius 3 is 2.55 bits per heavy atom. The molecule has 0 saturated heterocycles. The van der Waals surface area contributed by atoms with Crippen molar-refractivity contribution in [3.8, 4) is 0 Å². The lowest BCUT2D eigenvalue weighted by atomic mass is 10.0. The molecule has 2 amide bonds. The van der Waals surface area contributed by atoms with Crippen LogP contribution in [0.3, 0.4) is 0 Å². The number of nitrogens with one attached hydrogen (secondary N) is 3. The molecule has 1 rings (SSSR count). The van der Waals surface area contributed by atoms with Gasteiger partial charge in [-0.1, -0.05) is 13.8 Å². The third-order valence-corrected chi connectivity index (χ3v) is 3.05. The van der Waals surface area contributed by atoms with E-state index < -0.39 is 36.4 Å². The first-order valence-corrected chi connectivity index (χ1v) is 6.84. The number of aliphatic carboxylic acids is 1. The number of carboxylic acid groups (broad SMARTS) is 1. The van der Waals surface area contributed by atoms with Crippen molar-refractivity contribution in [1.29, 1.82) is 0 Å². The van der Waals surface area contributed by atoms with Crippen molar-refractivity contribution < 1.29 is 19.5 Å². The van der Waals surface area contributed by atoms with E-state index in [2.05, 4.69) is 20.6 Å². The molecule has 0 aliphatic rings. The maximum atomic E-state index is 12.0. The lowest BCUT2D eigenvalue weighted by Gasteiger charge is -2.21. The predicted molar refractivity (Wildman–Crippen MR) is 77.7 cm³/mol. The van der Waals surface area contributed by atoms with E-state index in [-0.39, 0.29) is 12.3 Å². The molecule has 6 N–H and O–H groups in total. The average Bonchev–Trinajstić information content (AvgIpc) is 2.95. The molecular formula is C13H21N5O4. The van der Waals surface area contributed by atoms with Gasteiger partial charge >= 0.3 is 5.97 Å². The Balaban J connectivity index is 2.75. The summed E-state index contributed by atoms with van der Waals surface area (Å²) in [7, 11) is 0. The number of amides is 2. The zero-order chi connectivity index (χ0) is 16.7. The summed E-state index contributed by atoms with van der Waals surface area (Å²) in [4.78, 5) is 41.2. The Morgan fingerprint density at radius 2 is 2.05 bits per heavy atom. The third kappa shape index (κ3) is 5.52. The van der Waals surface area contributed by atoms with Crippen molar-refractivity contribution in [2.24, 2.45) is 11.7 Å². The van der Waals surface area contributed by atoms with Crippen LogP contribution >= 0.6 is 0 Å². The number of H-pyrrole nitrogens is 1. The van der Waals surface area contributed by atoms with Crippen molar-refractivity contribution in [2.75, 3.05) is 6.54 Å². The first-order chi connectivity index (χ1) is 10.3. The number of carbonyl (C=O) groups is 3. The topological polar surface area (TPSA) is 150 Å². The van der Waals surface area contributed by atoms with E-state index in [1.54, 1.807) is 13.8 Å². The number of hydrogen-bond acceptors (Lipinski definition) is 5. The first kappa shape index (κ1) is 17.6. The minimum Gasteiger partial charge on any atom is -0.480 e. The fourth-order valence-electron chi connectivity index (χ4n) is 1.68. The smallest absolute Gasteiger partial charge is 0.322 e. The zero-order valence-electron chi connectivity index (χ0n) is 12.5. The molecular weight excluding hydrogens is 290 g/mol. The van der Waals surface area contributed by atoms with Gasteiger partial charge in [-0.15, -0.1) is 0 Å². The van der Waals surface area contributed by atoms with Crippen LogP contribution in [0.4, 0.5) is 0 Å². The Bertz CT molecular complexity index is 515. The molecule has 1 heterocycles. The lowest BCUT2D eigenvalue weighted by molar-refractivity contribution is -0.138. The van der Waals surface area contributed by atoms with Gasteiger partial charge in [-0.3, -0.25) is 14.4 Å². The minimum atomic E-state index is -1.17. The van der Waals surface area contributed by atoms with Gasteiger partial charge in [-0.25, -0.2) is 4.98 Å². The number of nitrogens with zero attached hydrogens (tertiary/aromatic N) is 1. The Morgan fingerprint density at radius 1 is 1.36 bits per heavy atom. The fraction of sp³-hybridized carbons (Fsp3) is 0.538. The molecule has 9 heteroatoms. The summed E-state index contributed by atoms with van der Waals surface area (Å²) in [5.41, 5.74) is 6.38. The highest BCUT2D eigenvalue weighted by Gasteiger charge is 2.26. The molecule has 2 atom stereocenters. The Kier molecular flexibility index (Phi) is 6.51. The van der Waals surface area contributed by atoms with Gasteiger partial charge in [0.05, 0.1) is 12.4 Å². The van der Waals surface area contributed by atoms with Crippen LogP contribution in [0.1, 0.15) is 19.5 Å². The first-order valence-electron chi connectivity index (χ1n) is 6.84. The molecule has 122 valence electrons. The van der Waals surface area contributed by atoms with Crippen molar-refractivity contribution in [3.63, 3.8) is 0 Å². The normalized spacial score (nSPS) is 13.5. The van der Waals surface area contributed by atoms with Crippen LogP contribution < -0.4 is 16.4 Å². The van der Waals surface area contributed by atoms with Crippen LogP contribution in [0.5, 0.6) is 0 Å². The van der Waals surface area contributed by atoms with Crippen LogP contribution in [0.25, 0.3) is 0 Å². The predicted octanol–water partition coefficient (Wildman–Crippen LogP) is -1.38. The van der Waals surface area contributed by atoms with E-state index in [1.165, 1.54) is 12.5 Å². The summed E-state index contributed by atoms with van der Waals surface area (Å²) in [6, 6.07) is -1.69. The van der Waals surface area contributed by atoms with Crippen molar-refractivity contribution in [1.82, 2.24) is 20.6 Å². The monoisotopic (exact) mass is 311 g/mol. The standard InChI is InChI=1S/C13H21N5O4/c1-7(2)11(14)13(22)18-9(3-8-4-15-6-17-8)12(21)16-5-10(19)20/h4,6-7,9,11H,3,5,14H2,1-2H3,(H,15,17)(H,16,21)(H,18,22)(H,19,20)/t9-,11-/m0/s1. The second kappa shape index (κ2) is 8.13. The summed E-state index contributed by atoms with van der Waals surface area (Å²) in [6.07, 6.45) is 3.12. The van der Waals surface area contributed by atoms with Crippen molar-refractivity contribution >= 4 is 17.8 Å². The highest BCUT2D eigenvalue weighted by Crippen LogP contribution is 2.02. The molecule has 1 aromatic heterocycles. The molecule has 0 bridgehead atoms. The molecule has 22 heavy (non-hydrogen) atoms. The second-order valence-electron chi connectivity index (χ2n) is 5.22.